The van der Waals surface area contributed by atoms with Gasteiger partial charge in [0.15, 0.2) is 6.61 Å². The van der Waals surface area contributed by atoms with Crippen molar-refractivity contribution in [2.24, 2.45) is 5.92 Å². The van der Waals surface area contributed by atoms with Gasteiger partial charge in [0, 0.05) is 42.6 Å². The van der Waals surface area contributed by atoms with Crippen LogP contribution in [0.4, 0.5) is 5.69 Å². The standard InChI is InChI=1S/C41H46N2O8S/c1-6-7-13-39-35(32-18-16-31(17-19-32)30-11-9-8-10-12-30)24-34(27(2)3)41(51-39)36-23-33(20-21-38(36)50-26-40(44)45)52(48,49)42(5)25-29-15-14-28(4)37(22-29)43(46)47/h8-12,14-23,34-35,39,41H,2,6-7,13,24-26H2,1,3-5H3,(H,44,45)/t34-,35-,39+,41+/m0/s1. The molecular weight excluding hydrogens is 681 g/mol. The number of rotatable bonds is 15. The lowest BCUT2D eigenvalue weighted by Gasteiger charge is -2.43. The van der Waals surface area contributed by atoms with Crippen LogP contribution in [0.1, 0.15) is 73.8 Å². The second-order valence-corrected chi connectivity index (χ2v) is 15.6. The minimum absolute atomic E-state index is 0.0364. The average molecular weight is 727 g/mol. The van der Waals surface area contributed by atoms with E-state index < -0.39 is 33.6 Å². The normalized spacial score (nSPS) is 18.9. The van der Waals surface area contributed by atoms with Gasteiger partial charge in [-0.05, 0) is 67.1 Å². The molecule has 10 nitrogen and oxygen atoms in total. The van der Waals surface area contributed by atoms with Crippen LogP contribution >= 0.6 is 0 Å². The Morgan fingerprint density at radius 1 is 1.04 bits per heavy atom. The first-order valence-corrected chi connectivity index (χ1v) is 18.9. The molecule has 0 saturated carbocycles. The van der Waals surface area contributed by atoms with Crippen LogP contribution in [0, 0.1) is 23.0 Å². The summed E-state index contributed by atoms with van der Waals surface area (Å²) in [5, 5.41) is 21.0. The molecule has 1 N–H and O–H groups in total. The lowest BCUT2D eigenvalue weighted by Crippen LogP contribution is -2.36. The minimum atomic E-state index is -4.12. The van der Waals surface area contributed by atoms with E-state index in [1.165, 1.54) is 31.3 Å². The lowest BCUT2D eigenvalue weighted by molar-refractivity contribution is -0.385. The van der Waals surface area contributed by atoms with Crippen LogP contribution in [0.3, 0.4) is 0 Å². The molecule has 4 aromatic rings. The fourth-order valence-electron chi connectivity index (χ4n) is 6.91. The van der Waals surface area contributed by atoms with Gasteiger partial charge >= 0.3 is 5.97 Å². The van der Waals surface area contributed by atoms with Gasteiger partial charge in [-0.25, -0.2) is 13.2 Å². The number of carboxylic acids is 1. The van der Waals surface area contributed by atoms with E-state index in [4.69, 9.17) is 9.47 Å². The van der Waals surface area contributed by atoms with Crippen molar-refractivity contribution in [1.82, 2.24) is 4.31 Å². The Kier molecular flexibility index (Phi) is 12.3. The van der Waals surface area contributed by atoms with Crippen LogP contribution in [-0.4, -0.2) is 48.5 Å². The summed E-state index contributed by atoms with van der Waals surface area (Å²) in [5.41, 5.74) is 5.51. The van der Waals surface area contributed by atoms with E-state index in [0.29, 0.717) is 23.1 Å². The molecule has 274 valence electrons. The first-order valence-electron chi connectivity index (χ1n) is 17.4. The van der Waals surface area contributed by atoms with E-state index in [0.717, 1.165) is 45.8 Å². The van der Waals surface area contributed by atoms with Gasteiger partial charge in [0.2, 0.25) is 10.0 Å². The summed E-state index contributed by atoms with van der Waals surface area (Å²) >= 11 is 0. The summed E-state index contributed by atoms with van der Waals surface area (Å²) in [6.45, 7) is 9.26. The molecule has 0 unspecified atom stereocenters. The second-order valence-electron chi connectivity index (χ2n) is 13.5. The smallest absolute Gasteiger partial charge is 0.341 e. The summed E-state index contributed by atoms with van der Waals surface area (Å²) in [7, 11) is -2.71. The second kappa shape index (κ2) is 16.7. The molecule has 0 aliphatic carbocycles. The van der Waals surface area contributed by atoms with Gasteiger partial charge in [-0.3, -0.25) is 10.1 Å². The number of sulfonamides is 1. The fourth-order valence-corrected chi connectivity index (χ4v) is 8.10. The largest absolute Gasteiger partial charge is 0.482 e. The van der Waals surface area contributed by atoms with Crippen molar-refractivity contribution in [2.75, 3.05) is 13.7 Å². The highest BCUT2D eigenvalue weighted by atomic mass is 32.2. The van der Waals surface area contributed by atoms with Crippen molar-refractivity contribution >= 4 is 21.7 Å². The monoisotopic (exact) mass is 726 g/mol. The number of nitro groups is 1. The van der Waals surface area contributed by atoms with Gasteiger partial charge in [0.1, 0.15) is 5.75 Å². The predicted octanol–water partition coefficient (Wildman–Crippen LogP) is 8.85. The molecule has 52 heavy (non-hydrogen) atoms. The van der Waals surface area contributed by atoms with Crippen molar-refractivity contribution in [1.29, 1.82) is 0 Å². The number of aliphatic carboxylic acids is 1. The Morgan fingerprint density at radius 2 is 1.73 bits per heavy atom. The summed E-state index contributed by atoms with van der Waals surface area (Å²) in [5.74, 6) is -1.16. The highest BCUT2D eigenvalue weighted by Gasteiger charge is 2.41. The Labute approximate surface area is 305 Å². The van der Waals surface area contributed by atoms with E-state index in [1.54, 1.807) is 19.1 Å². The van der Waals surface area contributed by atoms with Crippen molar-refractivity contribution < 1.29 is 32.7 Å². The fraction of sp³-hybridized carbons (Fsp3) is 0.341. The van der Waals surface area contributed by atoms with Crippen LogP contribution < -0.4 is 4.74 Å². The molecule has 1 fully saturated rings. The van der Waals surface area contributed by atoms with Gasteiger partial charge in [-0.2, -0.15) is 4.31 Å². The number of aryl methyl sites for hydroxylation is 1. The number of nitro benzene ring substituents is 1. The van der Waals surface area contributed by atoms with Gasteiger partial charge in [-0.1, -0.05) is 98.6 Å². The summed E-state index contributed by atoms with van der Waals surface area (Å²) in [6.07, 6.45) is 2.47. The molecule has 0 radical (unpaired) electrons. The summed E-state index contributed by atoms with van der Waals surface area (Å²) in [6, 6.07) is 27.7. The van der Waals surface area contributed by atoms with Gasteiger partial charge in [0.25, 0.3) is 5.69 Å². The van der Waals surface area contributed by atoms with E-state index in [2.05, 4.69) is 49.9 Å². The lowest BCUT2D eigenvalue weighted by atomic mass is 9.74. The molecular formula is C41H46N2O8S. The molecule has 0 amide bonds. The third-order valence-corrected chi connectivity index (χ3v) is 11.6. The van der Waals surface area contributed by atoms with Crippen molar-refractivity contribution in [3.05, 3.63) is 136 Å². The van der Waals surface area contributed by atoms with Crippen molar-refractivity contribution in [3.63, 3.8) is 0 Å². The van der Waals surface area contributed by atoms with Crippen LogP contribution in [0.25, 0.3) is 11.1 Å². The van der Waals surface area contributed by atoms with E-state index in [-0.39, 0.29) is 40.8 Å². The molecule has 1 heterocycles. The number of hydrogen-bond donors (Lipinski definition) is 1. The van der Waals surface area contributed by atoms with E-state index >= 15 is 0 Å². The highest BCUT2D eigenvalue weighted by Crippen LogP contribution is 2.49. The third kappa shape index (κ3) is 8.78. The van der Waals surface area contributed by atoms with Crippen molar-refractivity contribution in [2.45, 2.75) is 76.0 Å². The maximum Gasteiger partial charge on any atom is 0.341 e. The quantitative estimate of drug-likeness (QED) is 0.0729. The molecule has 11 heteroatoms. The zero-order valence-corrected chi connectivity index (χ0v) is 30.8. The average Bonchev–Trinajstić information content (AvgIpc) is 3.13. The van der Waals surface area contributed by atoms with Crippen LogP contribution in [0.2, 0.25) is 0 Å². The first kappa shape index (κ1) is 38.4. The molecule has 1 saturated heterocycles. The molecule has 0 bridgehead atoms. The predicted molar refractivity (Wildman–Crippen MR) is 201 cm³/mol. The Balaban J connectivity index is 1.51. The van der Waals surface area contributed by atoms with E-state index in [9.17, 15) is 28.4 Å². The highest BCUT2D eigenvalue weighted by molar-refractivity contribution is 7.89. The van der Waals surface area contributed by atoms with Gasteiger partial charge in [0.05, 0.1) is 22.0 Å². The molecule has 0 aromatic heterocycles. The number of benzene rings is 4. The zero-order valence-electron chi connectivity index (χ0n) is 30.0. The van der Waals surface area contributed by atoms with Gasteiger partial charge < -0.3 is 14.6 Å². The molecule has 0 spiro atoms. The molecule has 5 rings (SSSR count). The number of unbranched alkanes of at least 4 members (excludes halogenated alkanes) is 1. The molecule has 4 atom stereocenters. The summed E-state index contributed by atoms with van der Waals surface area (Å²) in [4.78, 5) is 22.6. The number of nitrogens with zero attached hydrogens (tertiary/aromatic N) is 2. The number of carboxylic acid groups (broad SMARTS) is 1. The van der Waals surface area contributed by atoms with Gasteiger partial charge in [-0.15, -0.1) is 0 Å². The third-order valence-electron chi connectivity index (χ3n) is 9.79. The van der Waals surface area contributed by atoms with E-state index in [1.807, 2.05) is 25.1 Å². The van der Waals surface area contributed by atoms with Crippen LogP contribution in [0.15, 0.2) is 108 Å². The Morgan fingerprint density at radius 3 is 2.37 bits per heavy atom. The minimum Gasteiger partial charge on any atom is -0.482 e. The maximum atomic E-state index is 14.0. The van der Waals surface area contributed by atoms with Crippen LogP contribution in [0.5, 0.6) is 5.75 Å². The number of ether oxygens (including phenoxy) is 2. The molecule has 1 aliphatic heterocycles. The molecule has 1 aliphatic rings. The number of hydrogen-bond acceptors (Lipinski definition) is 7. The Hall–Kier alpha value is -4.84. The zero-order chi connectivity index (χ0) is 37.6. The topological polar surface area (TPSA) is 136 Å². The van der Waals surface area contributed by atoms with Crippen LogP contribution in [-0.2, 0) is 26.1 Å². The Bertz CT molecular complexity index is 2010. The first-order chi connectivity index (χ1) is 24.8. The molecule has 4 aromatic carbocycles. The number of carbonyl (C=O) groups is 1. The SMILES string of the molecule is C=C(C)[C@@H]1C[C@@H](c2ccc(-c3ccccc3)cc2)[C@@H](CCCC)O[C@H]1c1cc(S(=O)(=O)N(C)Cc2ccc(C)c([N+](=O)[O-])c2)ccc1OCC(=O)O. The summed E-state index contributed by atoms with van der Waals surface area (Å²) < 4.78 is 41.9. The van der Waals surface area contributed by atoms with Crippen molar-refractivity contribution in [3.8, 4) is 16.9 Å². The maximum absolute atomic E-state index is 14.0.